The van der Waals surface area contributed by atoms with Crippen molar-refractivity contribution in [2.24, 2.45) is 0 Å². The maximum Gasteiger partial charge on any atom is 0 e. The predicted octanol–water partition coefficient (Wildman–Crippen LogP) is 0.316. The fourth-order valence-electron chi connectivity index (χ4n) is 0. The first-order valence-electron chi connectivity index (χ1n) is 0.204. The zero-order chi connectivity index (χ0) is 2.00. The summed E-state index contributed by atoms with van der Waals surface area (Å²) in [7, 11) is 2.17. The molecule has 0 fully saturated rings. The van der Waals surface area contributed by atoms with Gasteiger partial charge < -0.3 is 0 Å². The summed E-state index contributed by atoms with van der Waals surface area (Å²) in [6, 6.07) is 0. The van der Waals surface area contributed by atoms with E-state index in [0.29, 0.717) is 0 Å². The maximum absolute atomic E-state index is 3.17. The summed E-state index contributed by atoms with van der Waals surface area (Å²) >= 11 is 3.17. The van der Waals surface area contributed by atoms with Crippen LogP contribution >= 0.6 is 7.93 Å². The topological polar surface area (TPSA) is 0 Å². The van der Waals surface area contributed by atoms with Crippen LogP contribution in [-0.4, -0.2) is 0 Å². The number of rotatable bonds is 0. The molecule has 0 nitrogen and oxygen atoms in total. The van der Waals surface area contributed by atoms with Crippen molar-refractivity contribution in [2.75, 3.05) is 0 Å². The summed E-state index contributed by atoms with van der Waals surface area (Å²) in [5, 5.41) is 0. The summed E-state index contributed by atoms with van der Waals surface area (Å²) in [6.45, 7) is 0. The fraction of sp³-hybridized carbons (Fsp3) is 0. The molecule has 0 aliphatic carbocycles. The van der Waals surface area contributed by atoms with Crippen molar-refractivity contribution in [1.82, 2.24) is 0 Å². The first kappa shape index (κ1) is 25.5. The second-order valence-electron chi connectivity index (χ2n) is 0. The van der Waals surface area contributed by atoms with E-state index in [1.54, 1.807) is 0 Å². The largest absolute Gasteiger partial charge is 0 e. The molecule has 0 aromatic carbocycles. The van der Waals surface area contributed by atoms with Gasteiger partial charge in [-0.05, 0) is 0 Å². The summed E-state index contributed by atoms with van der Waals surface area (Å²) in [6.07, 6.45) is 0. The minimum atomic E-state index is 0. The molecule has 0 N–H and O–H groups in total. The van der Waals surface area contributed by atoms with Gasteiger partial charge in [0.25, 0.3) is 0 Å². The standard InChI is InChI=1S/Fe.2Ni.H2P.W/h;;;1H2;/q+1;;;-1;. The molecule has 0 amide bonds. The van der Waals surface area contributed by atoms with E-state index in [9.17, 15) is 0 Å². The van der Waals surface area contributed by atoms with Gasteiger partial charge in [-0.1, -0.05) is 0 Å². The molecular formula is H2FeNi2PW. The van der Waals surface area contributed by atoms with E-state index < -0.39 is 0 Å². The van der Waals surface area contributed by atoms with E-state index >= 15 is 0 Å². The summed E-state index contributed by atoms with van der Waals surface area (Å²) in [4.78, 5) is 0. The Kier molecular flexibility index (Phi) is 155. The van der Waals surface area contributed by atoms with Crippen LogP contribution < -0.4 is 0 Å². The minimum Gasteiger partial charge on any atom is 0 e. The maximum atomic E-state index is 3.17. The van der Waals surface area contributed by atoms with Crippen molar-refractivity contribution in [2.45, 2.75) is 0 Å². The molecule has 0 aromatic rings. The van der Waals surface area contributed by atoms with Gasteiger partial charge in [0.15, 0.2) is 0 Å². The van der Waals surface area contributed by atoms with Gasteiger partial charge in [0.05, 0.1) is 0 Å². The molecule has 0 saturated heterocycles. The van der Waals surface area contributed by atoms with Crippen LogP contribution in [0.3, 0.4) is 0 Å². The second kappa shape index (κ2) is 30.4. The molecule has 0 aromatic heterocycles. The second-order valence-corrected chi connectivity index (χ2v) is 0. The van der Waals surface area contributed by atoms with E-state index in [4.69, 9.17) is 0 Å². The third-order valence-electron chi connectivity index (χ3n) is 0. The van der Waals surface area contributed by atoms with Crippen molar-refractivity contribution < 1.29 is 69.6 Å². The molecule has 0 saturated carbocycles. The van der Waals surface area contributed by atoms with Crippen LogP contribution in [0.1, 0.15) is 0 Å². The van der Waals surface area contributed by atoms with Crippen molar-refractivity contribution in [1.29, 1.82) is 0 Å². The predicted molar refractivity (Wildman–Crippen MR) is 9.71 cm³/mol. The Bertz CT molecular complexity index is 9.61. The molecule has 0 aliphatic rings. The van der Waals surface area contributed by atoms with Gasteiger partial charge in [-0.15, -0.1) is 0 Å². The molecule has 1 atom stereocenters. The van der Waals surface area contributed by atoms with E-state index in [1.165, 1.54) is 0 Å². The molecular weight excluding hydrogens is 388 g/mol. The van der Waals surface area contributed by atoms with E-state index in [1.807, 2.05) is 0 Å². The van der Waals surface area contributed by atoms with Crippen LogP contribution in [0, 0.1) is 0 Å². The van der Waals surface area contributed by atoms with Crippen molar-refractivity contribution in [3.63, 3.8) is 0 Å². The molecule has 0 radical (unpaired) electrons. The van der Waals surface area contributed by atoms with Gasteiger partial charge >= 0.3 is 23.5 Å². The Labute approximate surface area is 76.7 Å². The van der Waals surface area contributed by atoms with Crippen molar-refractivity contribution >= 4 is 7.93 Å². The minimum absolute atomic E-state index is 0. The molecule has 0 heterocycles. The van der Waals surface area contributed by atoms with Crippen molar-refractivity contribution in [3.8, 4) is 0 Å². The normalized spacial score (nSPS) is 1.20. The summed E-state index contributed by atoms with van der Waals surface area (Å²) in [5.41, 5.74) is 0. The quantitative estimate of drug-likeness (QED) is 0.413. The molecule has 0 bridgehead atoms. The smallest absolute Gasteiger partial charge is 0 e. The molecule has 0 spiro atoms. The van der Waals surface area contributed by atoms with Gasteiger partial charge in [0.1, 0.15) is 0 Å². The molecule has 5 heteroatoms. The van der Waals surface area contributed by atoms with E-state index in [-0.39, 0.29) is 54.0 Å². The molecule has 0 aliphatic heterocycles. The van der Waals surface area contributed by atoms with Crippen molar-refractivity contribution in [3.05, 3.63) is 0 Å². The third kappa shape index (κ3) is 20.6. The number of hydrogen-bond acceptors (Lipinski definition) is 0. The average Bonchev–Trinajstić information content (AvgIpc) is 1.00. The Morgan fingerprint density at radius 1 is 1.00 bits per heavy atom. The molecule has 1 unspecified atom stereocenters. The molecule has 41 valence electrons. The third-order valence-corrected chi connectivity index (χ3v) is 0. The van der Waals surface area contributed by atoms with Crippen LogP contribution in [-0.2, 0) is 69.6 Å². The van der Waals surface area contributed by atoms with E-state index in [2.05, 4.69) is 23.5 Å². The van der Waals surface area contributed by atoms with Gasteiger partial charge in [-0.2, -0.15) is 0 Å². The van der Waals surface area contributed by atoms with Crippen LogP contribution in [0.15, 0.2) is 0 Å². The van der Waals surface area contributed by atoms with Crippen LogP contribution in [0.25, 0.3) is 0 Å². The zero-order valence-corrected chi connectivity index (χ0v) is 9.14. The first-order chi connectivity index (χ1) is 1.00. The molecule has 5 heavy (non-hydrogen) atoms. The van der Waals surface area contributed by atoms with Crippen LogP contribution in [0.4, 0.5) is 0 Å². The van der Waals surface area contributed by atoms with Crippen LogP contribution in [0.2, 0.25) is 0 Å². The Balaban J connectivity index is -0.00000000167. The monoisotopic (exact) mass is 389 g/mol. The van der Waals surface area contributed by atoms with Gasteiger partial charge in [0.2, 0.25) is 0 Å². The summed E-state index contributed by atoms with van der Waals surface area (Å²) in [5.74, 6) is 0. The Morgan fingerprint density at radius 3 is 1.00 bits per heavy atom. The summed E-state index contributed by atoms with van der Waals surface area (Å²) < 4.78 is 0. The molecule has 0 rings (SSSR count). The zero-order valence-electron chi connectivity index (χ0n) is 1.97. The number of hydrogen-bond donors (Lipinski definition) is 0. The van der Waals surface area contributed by atoms with E-state index in [0.717, 1.165) is 0 Å². The fourth-order valence-corrected chi connectivity index (χ4v) is 0. The SMILES string of the molecule is [Ni].[Ni].[PH2][Fe].[W]. The Hall–Kier alpha value is 2.62. The van der Waals surface area contributed by atoms with Gasteiger partial charge in [-0.3, -0.25) is 0 Å². The van der Waals surface area contributed by atoms with Gasteiger partial charge in [0, 0.05) is 54.0 Å². The van der Waals surface area contributed by atoms with Gasteiger partial charge in [-0.25, -0.2) is 0 Å². The Morgan fingerprint density at radius 2 is 1.00 bits per heavy atom. The average molecular weight is 390 g/mol. The first-order valence-corrected chi connectivity index (χ1v) is 2.52. The van der Waals surface area contributed by atoms with Crippen LogP contribution in [0.5, 0.6) is 0 Å².